The Balaban J connectivity index is 1.04. The average molecular weight is 1030 g/mol. The molecule has 9 rings (SSSR count). The molecule has 2 aliphatic rings. The lowest BCUT2D eigenvalue weighted by molar-refractivity contribution is -0.315. The highest BCUT2D eigenvalue weighted by molar-refractivity contribution is 5.68. The number of methoxy groups -OCH3 is 1. The van der Waals surface area contributed by atoms with Crippen molar-refractivity contribution in [1.29, 1.82) is 0 Å². The van der Waals surface area contributed by atoms with Crippen LogP contribution in [0, 0.1) is 0 Å². The molecule has 1 amide bonds. The van der Waals surface area contributed by atoms with Crippen LogP contribution in [0.2, 0.25) is 0 Å². The first-order valence-electron chi connectivity index (χ1n) is 25.9. The van der Waals surface area contributed by atoms with Crippen molar-refractivity contribution in [1.82, 2.24) is 5.32 Å². The maximum Gasteiger partial charge on any atom is 0.409 e. The molecule has 7 aromatic carbocycles. The molecule has 2 fully saturated rings. The molecule has 10 atom stereocenters. The summed E-state index contributed by atoms with van der Waals surface area (Å²) in [5.41, 5.74) is 6.60. The summed E-state index contributed by atoms with van der Waals surface area (Å²) in [6, 6.07) is 68.9. The molecule has 396 valence electrons. The van der Waals surface area contributed by atoms with Crippen LogP contribution in [0.1, 0.15) is 38.9 Å². The van der Waals surface area contributed by atoms with Crippen LogP contribution >= 0.6 is 0 Å². The number of hydrogen-bond donors (Lipinski definition) is 1. The van der Waals surface area contributed by atoms with Crippen LogP contribution in [-0.4, -0.2) is 87.8 Å². The van der Waals surface area contributed by atoms with Gasteiger partial charge in [0.1, 0.15) is 42.7 Å². The molecule has 0 saturated carbocycles. The zero-order valence-corrected chi connectivity index (χ0v) is 42.7. The molecule has 13 nitrogen and oxygen atoms in total. The molecule has 1 N–H and O–H groups in total. The molecular weight excluding hydrogens is 963 g/mol. The second-order valence-electron chi connectivity index (χ2n) is 18.7. The van der Waals surface area contributed by atoms with Gasteiger partial charge in [0.25, 0.3) is 0 Å². The van der Waals surface area contributed by atoms with E-state index in [1.807, 2.05) is 212 Å². The zero-order valence-electron chi connectivity index (χ0n) is 42.7. The van der Waals surface area contributed by atoms with Crippen LogP contribution in [-0.2, 0) is 98.4 Å². The van der Waals surface area contributed by atoms with E-state index in [0.717, 1.165) is 38.9 Å². The van der Waals surface area contributed by atoms with Gasteiger partial charge >= 0.3 is 6.09 Å². The lowest BCUT2D eigenvalue weighted by Crippen LogP contribution is -2.66. The minimum atomic E-state index is -1.16. The molecule has 7 aromatic rings. The monoisotopic (exact) mass is 1030 g/mol. The van der Waals surface area contributed by atoms with Crippen molar-refractivity contribution in [2.75, 3.05) is 20.3 Å². The van der Waals surface area contributed by atoms with E-state index in [0.29, 0.717) is 6.61 Å². The largest absolute Gasteiger partial charge is 0.440 e. The van der Waals surface area contributed by atoms with Gasteiger partial charge in [-0.25, -0.2) is 4.79 Å². The number of hydrogen-bond acceptors (Lipinski definition) is 12. The van der Waals surface area contributed by atoms with Crippen LogP contribution in [0.15, 0.2) is 212 Å². The Hall–Kier alpha value is -6.59. The highest BCUT2D eigenvalue weighted by Crippen LogP contribution is 2.33. The lowest BCUT2D eigenvalue weighted by atomic mass is 9.96. The molecule has 0 bridgehead atoms. The SMILES string of the molecule is CO[C@@H]1O[C@H](COCc2ccccc2)[C@H](OC(=O)N[C@@H]2O[C@H](COCc3ccccc3)[C@@H](OCc3ccccc3)[C@H](OCc3ccccc3)[C@H]2OCc2ccccc2)[C@H](OCc2ccccc2)[C@H]1OCc1ccccc1. The number of alkyl carbamates (subject to hydrolysis) is 1. The van der Waals surface area contributed by atoms with Gasteiger partial charge in [0.15, 0.2) is 18.6 Å². The second kappa shape index (κ2) is 29.1. The zero-order chi connectivity index (χ0) is 52.0. The summed E-state index contributed by atoms with van der Waals surface area (Å²) in [6.07, 6.45) is -9.96. The Morgan fingerprint density at radius 3 is 1.04 bits per heavy atom. The number of nitrogens with one attached hydrogen (secondary N) is 1. The fourth-order valence-corrected chi connectivity index (χ4v) is 9.29. The third-order valence-corrected chi connectivity index (χ3v) is 13.2. The molecule has 0 unspecified atom stereocenters. The first kappa shape index (κ1) is 54.2. The standard InChI is InChI=1S/C63H67NO12/c1-66-62-60(73-43-52-35-21-8-22-36-52)58(71-41-50-31-17-6-18-32-50)56(54(75-62)45-68-38-47-25-11-3-12-26-47)76-63(65)64-61-59(72-42-51-33-19-7-20-34-51)57(70-40-49-29-15-5-16-30-49)55(69-39-48-27-13-4-14-28-48)53(74-61)44-67-37-46-23-9-2-10-24-46/h2-36,53-62H,37-45H2,1H3,(H,64,65)/t53-,54-,55-,56+,57+,58+,59-,60-,61-,62-/m1/s1. The molecule has 76 heavy (non-hydrogen) atoms. The predicted octanol–water partition coefficient (Wildman–Crippen LogP) is 10.5. The Morgan fingerprint density at radius 1 is 0.368 bits per heavy atom. The van der Waals surface area contributed by atoms with Gasteiger partial charge in [-0.05, 0) is 38.9 Å². The van der Waals surface area contributed by atoms with Gasteiger partial charge in [-0.3, -0.25) is 5.32 Å². The van der Waals surface area contributed by atoms with Gasteiger partial charge < -0.3 is 52.1 Å². The minimum absolute atomic E-state index is 0.0166. The van der Waals surface area contributed by atoms with Crippen LogP contribution in [0.5, 0.6) is 0 Å². The number of amides is 1. The topological polar surface area (TPSA) is 131 Å². The molecule has 0 spiro atoms. The average Bonchev–Trinajstić information content (AvgIpc) is 3.48. The van der Waals surface area contributed by atoms with Gasteiger partial charge in [-0.1, -0.05) is 212 Å². The number of benzene rings is 7. The fourth-order valence-electron chi connectivity index (χ4n) is 9.29. The summed E-state index contributed by atoms with van der Waals surface area (Å²) in [4.78, 5) is 15.1. The summed E-state index contributed by atoms with van der Waals surface area (Å²) in [6.45, 7) is 1.70. The number of ether oxygens (including phenoxy) is 11. The first-order chi connectivity index (χ1) is 37.6. The molecule has 13 heteroatoms. The van der Waals surface area contributed by atoms with Gasteiger partial charge in [0.2, 0.25) is 0 Å². The Bertz CT molecular complexity index is 2700. The first-order valence-corrected chi connectivity index (χ1v) is 25.9. The third-order valence-electron chi connectivity index (χ3n) is 13.2. The molecule has 0 radical (unpaired) electrons. The lowest BCUT2D eigenvalue weighted by Gasteiger charge is -2.47. The summed E-state index contributed by atoms with van der Waals surface area (Å²) < 4.78 is 73.2. The van der Waals surface area contributed by atoms with Crippen LogP contribution in [0.4, 0.5) is 4.79 Å². The number of carbonyl (C=O) groups excluding carboxylic acids is 1. The third kappa shape index (κ3) is 16.0. The van der Waals surface area contributed by atoms with Crippen LogP contribution in [0.3, 0.4) is 0 Å². The van der Waals surface area contributed by atoms with Crippen LogP contribution < -0.4 is 5.32 Å². The van der Waals surface area contributed by atoms with Crippen LogP contribution in [0.25, 0.3) is 0 Å². The summed E-state index contributed by atoms with van der Waals surface area (Å²) in [5.74, 6) is 0. The molecule has 2 aliphatic heterocycles. The predicted molar refractivity (Wildman–Crippen MR) is 285 cm³/mol. The second-order valence-corrected chi connectivity index (χ2v) is 18.7. The van der Waals surface area contributed by atoms with Crippen molar-refractivity contribution in [3.05, 3.63) is 251 Å². The van der Waals surface area contributed by atoms with E-state index in [1.54, 1.807) is 7.11 Å². The van der Waals surface area contributed by atoms with Gasteiger partial charge in [0, 0.05) is 7.11 Å². The van der Waals surface area contributed by atoms with E-state index in [-0.39, 0.29) is 52.9 Å². The molecule has 2 heterocycles. The van der Waals surface area contributed by atoms with E-state index in [4.69, 9.17) is 52.1 Å². The summed E-state index contributed by atoms with van der Waals surface area (Å²) in [7, 11) is 1.55. The Kier molecular flexibility index (Phi) is 20.7. The summed E-state index contributed by atoms with van der Waals surface area (Å²) >= 11 is 0. The molecular formula is C63H67NO12. The molecule has 0 aromatic heterocycles. The van der Waals surface area contributed by atoms with Crippen molar-refractivity contribution in [3.8, 4) is 0 Å². The normalized spacial score (nSPS) is 23.4. The van der Waals surface area contributed by atoms with E-state index in [2.05, 4.69) is 5.32 Å². The maximum atomic E-state index is 15.1. The maximum absolute atomic E-state index is 15.1. The fraction of sp³-hybridized carbons (Fsp3) is 0.317. The van der Waals surface area contributed by atoms with Gasteiger partial charge in [0.05, 0.1) is 59.5 Å². The number of carbonyl (C=O) groups is 1. The quantitative estimate of drug-likeness (QED) is 0.0554. The highest BCUT2D eigenvalue weighted by Gasteiger charge is 2.52. The number of rotatable bonds is 26. The Labute approximate surface area is 445 Å². The molecule has 2 saturated heterocycles. The minimum Gasteiger partial charge on any atom is -0.440 e. The Morgan fingerprint density at radius 2 is 0.671 bits per heavy atom. The van der Waals surface area contributed by atoms with E-state index in [1.165, 1.54) is 0 Å². The van der Waals surface area contributed by atoms with E-state index in [9.17, 15) is 0 Å². The van der Waals surface area contributed by atoms with Crippen molar-refractivity contribution in [3.63, 3.8) is 0 Å². The van der Waals surface area contributed by atoms with Crippen molar-refractivity contribution < 1.29 is 56.9 Å². The summed E-state index contributed by atoms with van der Waals surface area (Å²) in [5, 5.41) is 3.08. The highest BCUT2D eigenvalue weighted by atomic mass is 16.7. The van der Waals surface area contributed by atoms with Crippen molar-refractivity contribution >= 4 is 6.09 Å². The van der Waals surface area contributed by atoms with Crippen molar-refractivity contribution in [2.24, 2.45) is 0 Å². The van der Waals surface area contributed by atoms with Gasteiger partial charge in [-0.2, -0.15) is 0 Å². The smallest absolute Gasteiger partial charge is 0.409 e. The van der Waals surface area contributed by atoms with E-state index >= 15 is 4.79 Å². The van der Waals surface area contributed by atoms with Crippen molar-refractivity contribution in [2.45, 2.75) is 108 Å². The van der Waals surface area contributed by atoms with E-state index < -0.39 is 67.4 Å². The van der Waals surface area contributed by atoms with Gasteiger partial charge in [-0.15, -0.1) is 0 Å². The molecule has 0 aliphatic carbocycles.